The summed E-state index contributed by atoms with van der Waals surface area (Å²) in [6, 6.07) is 0. The molecule has 0 heterocycles. The monoisotopic (exact) mass is 126 g/mol. The lowest BCUT2D eigenvalue weighted by molar-refractivity contribution is 0.541. The van der Waals surface area contributed by atoms with Gasteiger partial charge in [0.05, 0.1) is 0 Å². The predicted octanol–water partition coefficient (Wildman–Crippen LogP) is -0.749. The Bertz CT molecular complexity index is 69.2. The fourth-order valence-electron chi connectivity index (χ4n) is 0.0393. The summed E-state index contributed by atoms with van der Waals surface area (Å²) in [5.41, 5.74) is 0. The van der Waals surface area contributed by atoms with E-state index in [9.17, 15) is 13.0 Å². The van der Waals surface area contributed by atoms with Crippen LogP contribution in [0.15, 0.2) is 0 Å². The number of hydrogen-bond donors (Lipinski definition) is 0. The molecule has 0 saturated carbocycles. The lowest BCUT2D eigenvalue weighted by atomic mass is 11.9. The molecular formula is CH2O3S2. The minimum absolute atomic E-state index is 0.0471. The van der Waals surface area contributed by atoms with Crippen LogP contribution >= 0.6 is 0 Å². The topological polar surface area (TPSA) is 57.2 Å². The van der Waals surface area contributed by atoms with Crippen LogP contribution in [0.2, 0.25) is 0 Å². The zero-order valence-corrected chi connectivity index (χ0v) is 4.38. The van der Waals surface area contributed by atoms with Gasteiger partial charge in [-0.15, -0.1) is 0 Å². The molecule has 36 valence electrons. The van der Waals surface area contributed by atoms with Gasteiger partial charge in [-0.25, -0.2) is 0 Å². The minimum Gasteiger partial charge on any atom is -0.768 e. The molecule has 0 radical (unpaired) electrons. The summed E-state index contributed by atoms with van der Waals surface area (Å²) in [4.78, 5) is 0. The highest BCUT2D eigenvalue weighted by atomic mass is 32.2. The second kappa shape index (κ2) is 3.32. The van der Waals surface area contributed by atoms with Crippen molar-refractivity contribution in [2.24, 2.45) is 0 Å². The van der Waals surface area contributed by atoms with E-state index in [1.54, 1.807) is 0 Å². The van der Waals surface area contributed by atoms with Crippen molar-refractivity contribution in [1.29, 1.82) is 0 Å². The van der Waals surface area contributed by atoms with E-state index in [-0.39, 0.29) is 16.8 Å². The van der Waals surface area contributed by atoms with Gasteiger partial charge in [0.15, 0.2) is 0 Å². The van der Waals surface area contributed by atoms with Crippen molar-refractivity contribution in [3.8, 4) is 0 Å². The Morgan fingerprint density at radius 3 is 2.33 bits per heavy atom. The van der Waals surface area contributed by atoms with Gasteiger partial charge < -0.3 is 4.55 Å². The molecule has 0 spiro atoms. The van der Waals surface area contributed by atoms with Crippen LogP contribution in [0.3, 0.4) is 0 Å². The molecule has 0 fully saturated rings. The third-order valence-electron chi connectivity index (χ3n) is 0.144. The largest absolute Gasteiger partial charge is 0.768 e. The van der Waals surface area contributed by atoms with E-state index in [1.165, 1.54) is 0 Å². The van der Waals surface area contributed by atoms with Gasteiger partial charge in [0.2, 0.25) is 0 Å². The maximum atomic E-state index is 9.38. The quantitative estimate of drug-likeness (QED) is 0.361. The van der Waals surface area contributed by atoms with E-state index in [4.69, 9.17) is 0 Å². The average Bonchev–Trinajstić information content (AvgIpc) is 1.35. The van der Waals surface area contributed by atoms with Crippen LogP contribution < -0.4 is 0 Å². The third-order valence-corrected chi connectivity index (χ3v) is 1.30. The van der Waals surface area contributed by atoms with E-state index in [1.807, 2.05) is 0 Å². The van der Waals surface area contributed by atoms with Gasteiger partial charge in [0, 0.05) is 15.3 Å². The van der Waals surface area contributed by atoms with Crippen LogP contribution in [0, 0.1) is 0 Å². The molecule has 0 aliphatic carbocycles. The van der Waals surface area contributed by atoms with E-state index in [0.717, 1.165) is 0 Å². The summed E-state index contributed by atoms with van der Waals surface area (Å²) in [7, 11) is 0. The molecule has 0 aliphatic heterocycles. The van der Waals surface area contributed by atoms with Gasteiger partial charge in [0.1, 0.15) is 0 Å². The second-order valence-electron chi connectivity index (χ2n) is 0.539. The lowest BCUT2D eigenvalue weighted by Gasteiger charge is -1.84. The highest BCUT2D eigenvalue weighted by molar-refractivity contribution is 7.91. The highest BCUT2D eigenvalue weighted by Gasteiger charge is 1.91. The Morgan fingerprint density at radius 2 is 2.33 bits per heavy atom. The fourth-order valence-corrected chi connectivity index (χ4v) is 0.354. The Hall–Kier alpha value is 0.130. The zero-order chi connectivity index (χ0) is 4.99. The molecule has 0 saturated heterocycles. The van der Waals surface area contributed by atoms with Gasteiger partial charge in [-0.3, -0.25) is 4.21 Å². The van der Waals surface area contributed by atoms with Gasteiger partial charge >= 0.3 is 11.7 Å². The summed E-state index contributed by atoms with van der Waals surface area (Å²) in [6.07, 6.45) is 0. The van der Waals surface area contributed by atoms with Crippen LogP contribution in [0.1, 0.15) is 0 Å². The van der Waals surface area contributed by atoms with E-state index >= 15 is 0 Å². The number of rotatable bonds is 2. The molecule has 5 heteroatoms. The summed E-state index contributed by atoms with van der Waals surface area (Å²) in [5.74, 6) is 0. The Balaban J connectivity index is 3.05. The van der Waals surface area contributed by atoms with Gasteiger partial charge in [-0.1, -0.05) is 0 Å². The predicted molar refractivity (Wildman–Crippen MR) is 21.8 cm³/mol. The van der Waals surface area contributed by atoms with Crippen molar-refractivity contribution in [2.45, 2.75) is 0 Å². The van der Waals surface area contributed by atoms with Crippen LogP contribution in [0.25, 0.3) is 0 Å². The first-order chi connectivity index (χ1) is 2.77. The molecule has 1 unspecified atom stereocenters. The number of hydrogen-bond acceptors (Lipinski definition) is 3. The summed E-state index contributed by atoms with van der Waals surface area (Å²) < 4.78 is 28.0. The molecule has 0 N–H and O–H groups in total. The second-order valence-corrected chi connectivity index (χ2v) is 2.33. The summed E-state index contributed by atoms with van der Waals surface area (Å²) in [6.45, 7) is 0. The average molecular weight is 126 g/mol. The van der Waals surface area contributed by atoms with E-state index < -0.39 is 11.1 Å². The van der Waals surface area contributed by atoms with Crippen LogP contribution in [0.5, 0.6) is 0 Å². The normalized spacial score (nSPS) is 13.5. The van der Waals surface area contributed by atoms with Crippen molar-refractivity contribution < 1.29 is 13.0 Å². The van der Waals surface area contributed by atoms with E-state index in [2.05, 4.69) is 0 Å². The maximum absolute atomic E-state index is 9.38. The molecule has 1 atom stereocenters. The van der Waals surface area contributed by atoms with Gasteiger partial charge in [-0.05, 0) is 0 Å². The first-order valence-corrected chi connectivity index (χ1v) is 3.23. The first-order valence-electron chi connectivity index (χ1n) is 1.08. The molecule has 0 aromatic carbocycles. The molecule has 0 rings (SSSR count). The molecule has 3 nitrogen and oxygen atoms in total. The van der Waals surface area contributed by atoms with Crippen molar-refractivity contribution in [1.82, 2.24) is 0 Å². The molecule has 0 aromatic rings. The molecular weight excluding hydrogens is 124 g/mol. The molecule has 6 heavy (non-hydrogen) atoms. The van der Waals surface area contributed by atoms with Crippen molar-refractivity contribution in [3.05, 3.63) is 0 Å². The summed E-state index contributed by atoms with van der Waals surface area (Å²) >= 11 is -2.12. The Labute approximate surface area is 41.5 Å². The van der Waals surface area contributed by atoms with Crippen LogP contribution in [-0.4, -0.2) is 13.8 Å². The van der Waals surface area contributed by atoms with Crippen LogP contribution in [-0.2, 0) is 27.0 Å². The van der Waals surface area contributed by atoms with Crippen molar-refractivity contribution >= 4 is 22.7 Å². The van der Waals surface area contributed by atoms with E-state index in [0.29, 0.717) is 0 Å². The fraction of sp³-hybridized carbons (Fsp3) is 1.00. The molecule has 0 bridgehead atoms. The molecule has 0 amide bonds. The molecule has 0 aromatic heterocycles. The smallest absolute Gasteiger partial charge is 0.471 e. The third kappa shape index (κ3) is 4.13. The van der Waals surface area contributed by atoms with Gasteiger partial charge in [-0.2, -0.15) is 0 Å². The summed E-state index contributed by atoms with van der Waals surface area (Å²) in [5, 5.41) is -0.347. The molecule has 0 aliphatic rings. The Morgan fingerprint density at radius 1 is 1.83 bits per heavy atom. The van der Waals surface area contributed by atoms with Crippen molar-refractivity contribution in [3.63, 3.8) is 0 Å². The Kier molecular flexibility index (Phi) is 3.40. The first kappa shape index (κ1) is 6.13. The van der Waals surface area contributed by atoms with Crippen molar-refractivity contribution in [2.75, 3.05) is 5.08 Å². The lowest BCUT2D eigenvalue weighted by Crippen LogP contribution is -1.89. The maximum Gasteiger partial charge on any atom is 0.471 e. The SMILES string of the molecule is O=[S+]CS(=O)[O-]. The highest BCUT2D eigenvalue weighted by Crippen LogP contribution is 1.65. The standard InChI is InChI=1S/CH2O3S2/c2-5-1-6(3)4/h1H2. The zero-order valence-electron chi connectivity index (χ0n) is 2.75. The van der Waals surface area contributed by atoms with Crippen LogP contribution in [0.4, 0.5) is 0 Å². The van der Waals surface area contributed by atoms with Gasteiger partial charge in [0.25, 0.3) is 5.08 Å². The minimum atomic E-state index is -2.17.